The molecule has 0 spiro atoms. The van der Waals surface area contributed by atoms with Crippen LogP contribution in [0.1, 0.15) is 12.0 Å². The molecular formula is C4H3BrNNaO3. The van der Waals surface area contributed by atoms with E-state index in [1.807, 2.05) is 0 Å². The molecule has 1 aromatic rings. The number of nitrogens with zero attached hydrogens (tertiary/aromatic N) is 1. The molecule has 4 nitrogen and oxygen atoms in total. The molecule has 0 aliphatic carbocycles. The molecule has 1 N–H and O–H groups in total. The first-order chi connectivity index (χ1) is 4.20. The van der Waals surface area contributed by atoms with Crippen LogP contribution in [0.2, 0.25) is 0 Å². The van der Waals surface area contributed by atoms with Crippen LogP contribution >= 0.6 is 15.9 Å². The monoisotopic (exact) mass is 215 g/mol. The van der Waals surface area contributed by atoms with Crippen LogP contribution < -0.4 is 29.6 Å². The molecule has 0 aliphatic rings. The third kappa shape index (κ3) is 2.42. The van der Waals surface area contributed by atoms with Crippen molar-refractivity contribution in [2.24, 2.45) is 0 Å². The van der Waals surface area contributed by atoms with Crippen LogP contribution in [0.3, 0.4) is 0 Å². The largest absolute Gasteiger partial charge is 1.00 e. The molecule has 0 bridgehead atoms. The second kappa shape index (κ2) is 4.12. The molecule has 0 aromatic carbocycles. The number of hydrogen-bond donors (Lipinski definition) is 1. The first-order valence-electron chi connectivity index (χ1n) is 2.05. The Kier molecular flexibility index (Phi) is 4.19. The smallest absolute Gasteiger partial charge is 1.00 e. The Hall–Kier alpha value is 0.160. The van der Waals surface area contributed by atoms with Crippen LogP contribution in [0.4, 0.5) is 0 Å². The zero-order chi connectivity index (χ0) is 6.85. The van der Waals surface area contributed by atoms with Gasteiger partial charge in [0.1, 0.15) is 0 Å². The average molecular weight is 216 g/mol. The number of hydrogen-bond acceptors (Lipinski definition) is 3. The summed E-state index contributed by atoms with van der Waals surface area (Å²) < 4.78 is 4.55. The number of aromatic carboxylic acids is 1. The summed E-state index contributed by atoms with van der Waals surface area (Å²) in [7, 11) is 0. The number of oxazole rings is 1. The van der Waals surface area contributed by atoms with Gasteiger partial charge in [0, 0.05) is 15.9 Å². The van der Waals surface area contributed by atoms with Gasteiger partial charge >= 0.3 is 35.5 Å². The van der Waals surface area contributed by atoms with E-state index in [2.05, 4.69) is 25.3 Å². The summed E-state index contributed by atoms with van der Waals surface area (Å²) in [5.74, 6) is -1.28. The van der Waals surface area contributed by atoms with Crippen LogP contribution in [-0.4, -0.2) is 16.1 Å². The summed E-state index contributed by atoms with van der Waals surface area (Å²) in [6.45, 7) is 0. The van der Waals surface area contributed by atoms with Crippen LogP contribution in [-0.2, 0) is 0 Å². The quantitative estimate of drug-likeness (QED) is 0.565. The van der Waals surface area contributed by atoms with Crippen molar-refractivity contribution in [3.63, 3.8) is 0 Å². The maximum Gasteiger partial charge on any atom is 1.00 e. The molecule has 0 aliphatic heterocycles. The van der Waals surface area contributed by atoms with Crippen molar-refractivity contribution >= 4 is 21.9 Å². The molecular weight excluding hydrogens is 213 g/mol. The van der Waals surface area contributed by atoms with Gasteiger partial charge in [-0.05, 0) is 0 Å². The molecule has 6 heteroatoms. The van der Waals surface area contributed by atoms with Gasteiger partial charge in [0.15, 0.2) is 0 Å². The van der Waals surface area contributed by atoms with Gasteiger partial charge < -0.3 is 11.0 Å². The van der Waals surface area contributed by atoms with Gasteiger partial charge in [-0.25, -0.2) is 9.78 Å². The molecule has 10 heavy (non-hydrogen) atoms. The predicted molar refractivity (Wildman–Crippen MR) is 32.3 cm³/mol. The van der Waals surface area contributed by atoms with Crippen LogP contribution in [0.25, 0.3) is 0 Å². The van der Waals surface area contributed by atoms with Crippen molar-refractivity contribution in [3.05, 3.63) is 16.8 Å². The van der Waals surface area contributed by atoms with Gasteiger partial charge in [-0.1, -0.05) is 0 Å². The molecule has 1 rings (SSSR count). The first-order valence-corrected chi connectivity index (χ1v) is 2.84. The van der Waals surface area contributed by atoms with E-state index in [0.29, 0.717) is 0 Å². The van der Waals surface area contributed by atoms with Crippen LogP contribution in [0, 0.1) is 0 Å². The molecule has 50 valence electrons. The maximum atomic E-state index is 10.1. The zero-order valence-electron chi connectivity index (χ0n) is 6.17. The van der Waals surface area contributed by atoms with E-state index in [9.17, 15) is 4.79 Å². The second-order valence-electron chi connectivity index (χ2n) is 1.28. The Bertz CT molecular complexity index is 241. The average Bonchev–Trinajstić information content (AvgIpc) is 2.14. The van der Waals surface area contributed by atoms with Crippen molar-refractivity contribution in [2.45, 2.75) is 0 Å². The molecule has 1 aromatic heterocycles. The van der Waals surface area contributed by atoms with Crippen LogP contribution in [0.15, 0.2) is 15.4 Å². The summed E-state index contributed by atoms with van der Waals surface area (Å²) >= 11 is 2.86. The molecule has 1 heterocycles. The molecule has 0 radical (unpaired) electrons. The first kappa shape index (κ1) is 10.2. The van der Waals surface area contributed by atoms with Gasteiger partial charge in [-0.3, -0.25) is 0 Å². The van der Waals surface area contributed by atoms with E-state index in [1.54, 1.807) is 0 Å². The van der Waals surface area contributed by atoms with Gasteiger partial charge in [0.05, 0.1) is 6.20 Å². The van der Waals surface area contributed by atoms with Gasteiger partial charge in [0.2, 0.25) is 5.76 Å². The fourth-order valence-electron chi connectivity index (χ4n) is 0.352. The zero-order valence-corrected chi connectivity index (χ0v) is 8.75. The summed E-state index contributed by atoms with van der Waals surface area (Å²) in [6, 6.07) is 0. The van der Waals surface area contributed by atoms with E-state index in [0.717, 1.165) is 6.20 Å². The molecule has 0 saturated heterocycles. The van der Waals surface area contributed by atoms with E-state index in [1.165, 1.54) is 0 Å². The Balaban J connectivity index is 0. The summed E-state index contributed by atoms with van der Waals surface area (Å²) in [5.41, 5.74) is 0. The van der Waals surface area contributed by atoms with E-state index in [4.69, 9.17) is 5.11 Å². The number of carboxylic acids is 1. The SMILES string of the molecule is O=C(O)c1cnc(Br)o1.[H-].[Na+]. The van der Waals surface area contributed by atoms with Crippen molar-refractivity contribution in [3.8, 4) is 0 Å². The topological polar surface area (TPSA) is 63.3 Å². The summed E-state index contributed by atoms with van der Waals surface area (Å²) in [5, 5.41) is 8.24. The molecule has 0 unspecified atom stereocenters. The second-order valence-corrected chi connectivity index (χ2v) is 1.96. The number of carboxylic acid groups (broad SMARTS) is 1. The van der Waals surface area contributed by atoms with E-state index in [-0.39, 0.29) is 41.5 Å². The van der Waals surface area contributed by atoms with Crippen molar-refractivity contribution < 1.29 is 45.3 Å². The molecule has 0 atom stereocenters. The number of aromatic nitrogens is 1. The van der Waals surface area contributed by atoms with Crippen molar-refractivity contribution in [2.75, 3.05) is 0 Å². The van der Waals surface area contributed by atoms with E-state index < -0.39 is 5.97 Å². The Morgan fingerprint density at radius 2 is 2.50 bits per heavy atom. The van der Waals surface area contributed by atoms with Crippen molar-refractivity contribution in [1.29, 1.82) is 0 Å². The predicted octanol–water partition coefficient (Wildman–Crippen LogP) is -1.75. The molecule has 0 fully saturated rings. The number of rotatable bonds is 1. The normalized spacial score (nSPS) is 8.50. The third-order valence-corrected chi connectivity index (χ3v) is 1.05. The van der Waals surface area contributed by atoms with Crippen molar-refractivity contribution in [1.82, 2.24) is 4.98 Å². The summed E-state index contributed by atoms with van der Waals surface area (Å²) in [6.07, 6.45) is 1.13. The molecule has 0 amide bonds. The minimum absolute atomic E-state index is 0. The Labute approximate surface area is 88.5 Å². The standard InChI is InChI=1S/C4H2BrNO3.Na.H/c5-4-6-1-2(9-4)3(7)8;;/h1H,(H,7,8);;/q;+1;-1. The van der Waals surface area contributed by atoms with Crippen LogP contribution in [0.5, 0.6) is 0 Å². The minimum atomic E-state index is -1.12. The minimum Gasteiger partial charge on any atom is -1.00 e. The number of halogens is 1. The Morgan fingerprint density at radius 3 is 2.70 bits per heavy atom. The maximum absolute atomic E-state index is 10.1. The van der Waals surface area contributed by atoms with Gasteiger partial charge in [-0.2, -0.15) is 0 Å². The van der Waals surface area contributed by atoms with Gasteiger partial charge in [0.25, 0.3) is 4.80 Å². The fraction of sp³-hybridized carbons (Fsp3) is 0. The molecule has 0 saturated carbocycles. The van der Waals surface area contributed by atoms with E-state index >= 15 is 0 Å². The third-order valence-electron chi connectivity index (χ3n) is 0.688. The fourth-order valence-corrected chi connectivity index (χ4v) is 0.628. The summed E-state index contributed by atoms with van der Waals surface area (Å²) in [4.78, 5) is 13.7. The number of carbonyl (C=O) groups is 1. The Morgan fingerprint density at radius 1 is 1.90 bits per heavy atom. The van der Waals surface area contributed by atoms with Gasteiger partial charge in [-0.15, -0.1) is 0 Å².